The maximum absolute atomic E-state index is 10.7. The Bertz CT molecular complexity index is 436. The molecule has 0 spiro atoms. The van der Waals surface area contributed by atoms with Gasteiger partial charge >= 0.3 is 0 Å². The Morgan fingerprint density at radius 3 is 2.47 bits per heavy atom. The summed E-state index contributed by atoms with van der Waals surface area (Å²) >= 11 is 0. The monoisotopic (exact) mass is 264 g/mol. The number of aliphatic hydroxyl groups excluding tert-OH is 1. The molecule has 2 rings (SSSR count). The average Bonchev–Trinajstić information content (AvgIpc) is 2.39. The molecule has 19 heavy (non-hydrogen) atoms. The van der Waals surface area contributed by atoms with Gasteiger partial charge in [-0.2, -0.15) is 0 Å². The highest BCUT2D eigenvalue weighted by Gasteiger charge is 2.44. The molecular formula is C15H24N2O2. The molecule has 0 saturated heterocycles. The van der Waals surface area contributed by atoms with Crippen molar-refractivity contribution in [2.75, 3.05) is 12.8 Å². The lowest BCUT2D eigenvalue weighted by Crippen LogP contribution is -2.44. The molecule has 0 aliphatic heterocycles. The van der Waals surface area contributed by atoms with E-state index in [0.717, 1.165) is 25.7 Å². The summed E-state index contributed by atoms with van der Waals surface area (Å²) in [5.41, 5.74) is 6.97. The summed E-state index contributed by atoms with van der Waals surface area (Å²) in [6, 6.07) is 1.72. The standard InChI is InChI=1S/C15H24N2O2/c1-14(2)5-7-15(19-3,8-6-14)13(18)11-10-17-9-4-12(11)16/h4,9-10,13,18H,5-8H2,1-3H3,(H2,16,17). The van der Waals surface area contributed by atoms with E-state index in [0.29, 0.717) is 16.7 Å². The van der Waals surface area contributed by atoms with Gasteiger partial charge in [0.15, 0.2) is 0 Å². The second kappa shape index (κ2) is 5.10. The fourth-order valence-electron chi connectivity index (χ4n) is 2.87. The van der Waals surface area contributed by atoms with Gasteiger partial charge in [-0.1, -0.05) is 13.8 Å². The minimum atomic E-state index is -0.720. The number of methoxy groups -OCH3 is 1. The molecule has 1 aliphatic rings. The molecule has 1 atom stereocenters. The van der Waals surface area contributed by atoms with Gasteiger partial charge in [-0.15, -0.1) is 0 Å². The van der Waals surface area contributed by atoms with E-state index in [-0.39, 0.29) is 0 Å². The SMILES string of the molecule is COC1(C(O)c2cnccc2N)CCC(C)(C)CC1. The first kappa shape index (κ1) is 14.3. The predicted octanol–water partition coefficient (Wildman–Crippen LogP) is 2.68. The fraction of sp³-hybridized carbons (Fsp3) is 0.667. The van der Waals surface area contributed by atoms with E-state index in [1.165, 1.54) is 0 Å². The summed E-state index contributed by atoms with van der Waals surface area (Å²) in [6.07, 6.45) is 6.31. The normalized spacial score (nSPS) is 22.9. The fourth-order valence-corrected chi connectivity index (χ4v) is 2.87. The summed E-state index contributed by atoms with van der Waals surface area (Å²) in [7, 11) is 1.67. The van der Waals surface area contributed by atoms with Crippen LogP contribution in [0, 0.1) is 5.41 Å². The van der Waals surface area contributed by atoms with E-state index < -0.39 is 11.7 Å². The molecule has 1 fully saturated rings. The molecule has 1 aromatic heterocycles. The molecule has 1 aliphatic carbocycles. The summed E-state index contributed by atoms with van der Waals surface area (Å²) < 4.78 is 5.71. The molecule has 1 heterocycles. The number of nitrogen functional groups attached to an aromatic ring is 1. The van der Waals surface area contributed by atoms with Crippen molar-refractivity contribution in [3.8, 4) is 0 Å². The molecule has 1 saturated carbocycles. The zero-order valence-corrected chi connectivity index (χ0v) is 12.0. The molecule has 0 amide bonds. The lowest BCUT2D eigenvalue weighted by atomic mass is 9.68. The van der Waals surface area contributed by atoms with Gasteiger partial charge in [-0.25, -0.2) is 0 Å². The van der Waals surface area contributed by atoms with Crippen LogP contribution >= 0.6 is 0 Å². The second-order valence-corrected chi connectivity index (χ2v) is 6.34. The number of aliphatic hydroxyl groups is 1. The highest BCUT2D eigenvalue weighted by atomic mass is 16.5. The van der Waals surface area contributed by atoms with E-state index in [2.05, 4.69) is 18.8 Å². The molecule has 0 bridgehead atoms. The van der Waals surface area contributed by atoms with Crippen molar-refractivity contribution in [1.82, 2.24) is 4.98 Å². The van der Waals surface area contributed by atoms with Crippen molar-refractivity contribution in [1.29, 1.82) is 0 Å². The van der Waals surface area contributed by atoms with Gasteiger partial charge in [0, 0.05) is 30.8 Å². The predicted molar refractivity (Wildman–Crippen MR) is 75.6 cm³/mol. The number of anilines is 1. The smallest absolute Gasteiger partial charge is 0.111 e. The maximum atomic E-state index is 10.7. The molecule has 0 radical (unpaired) electrons. The summed E-state index contributed by atoms with van der Waals surface area (Å²) in [5.74, 6) is 0. The molecule has 106 valence electrons. The van der Waals surface area contributed by atoms with E-state index >= 15 is 0 Å². The van der Waals surface area contributed by atoms with Gasteiger partial charge in [0.05, 0.1) is 5.60 Å². The number of nitrogens with zero attached hydrogens (tertiary/aromatic N) is 1. The molecule has 4 heteroatoms. The highest BCUT2D eigenvalue weighted by molar-refractivity contribution is 5.46. The van der Waals surface area contributed by atoms with Gasteiger partial charge in [0.1, 0.15) is 6.10 Å². The van der Waals surface area contributed by atoms with Crippen LogP contribution in [0.3, 0.4) is 0 Å². The third-order valence-corrected chi connectivity index (χ3v) is 4.54. The highest BCUT2D eigenvalue weighted by Crippen LogP contribution is 2.47. The van der Waals surface area contributed by atoms with Gasteiger partial charge in [-0.3, -0.25) is 4.98 Å². The lowest BCUT2D eigenvalue weighted by Gasteiger charge is -2.45. The van der Waals surface area contributed by atoms with Crippen LogP contribution in [0.4, 0.5) is 5.69 Å². The van der Waals surface area contributed by atoms with Crippen LogP contribution in [0.2, 0.25) is 0 Å². The van der Waals surface area contributed by atoms with Crippen molar-refractivity contribution in [3.05, 3.63) is 24.0 Å². The molecule has 0 aromatic carbocycles. The van der Waals surface area contributed by atoms with Crippen molar-refractivity contribution in [3.63, 3.8) is 0 Å². The Balaban J connectivity index is 2.25. The Hall–Kier alpha value is -1.13. The summed E-state index contributed by atoms with van der Waals surface area (Å²) in [6.45, 7) is 4.52. The van der Waals surface area contributed by atoms with Gasteiger partial charge in [0.2, 0.25) is 0 Å². The van der Waals surface area contributed by atoms with Crippen LogP contribution < -0.4 is 5.73 Å². The average molecular weight is 264 g/mol. The van der Waals surface area contributed by atoms with Crippen molar-refractivity contribution in [2.45, 2.75) is 51.2 Å². The second-order valence-electron chi connectivity index (χ2n) is 6.34. The Morgan fingerprint density at radius 1 is 1.32 bits per heavy atom. The zero-order valence-electron chi connectivity index (χ0n) is 12.0. The first-order chi connectivity index (χ1) is 8.90. The minimum Gasteiger partial charge on any atom is -0.398 e. The molecule has 1 aromatic rings. The molecule has 3 N–H and O–H groups in total. The minimum absolute atomic E-state index is 0.322. The van der Waals surface area contributed by atoms with Crippen molar-refractivity contribution in [2.24, 2.45) is 5.41 Å². The number of aromatic nitrogens is 1. The summed E-state index contributed by atoms with van der Waals surface area (Å²) in [5, 5.41) is 10.7. The van der Waals surface area contributed by atoms with Crippen molar-refractivity contribution < 1.29 is 9.84 Å². The van der Waals surface area contributed by atoms with Crippen LogP contribution in [0.25, 0.3) is 0 Å². The lowest BCUT2D eigenvalue weighted by molar-refractivity contribution is -0.138. The maximum Gasteiger partial charge on any atom is 0.111 e. The Kier molecular flexibility index (Phi) is 3.83. The first-order valence-corrected chi connectivity index (χ1v) is 6.83. The van der Waals surface area contributed by atoms with Gasteiger partial charge < -0.3 is 15.6 Å². The van der Waals surface area contributed by atoms with Crippen LogP contribution in [0.15, 0.2) is 18.5 Å². The molecular weight excluding hydrogens is 240 g/mol. The van der Waals surface area contributed by atoms with E-state index in [1.807, 2.05) is 0 Å². The van der Waals surface area contributed by atoms with Crippen LogP contribution in [0.1, 0.15) is 51.2 Å². The van der Waals surface area contributed by atoms with Gasteiger partial charge in [0.25, 0.3) is 0 Å². The number of hydrogen-bond donors (Lipinski definition) is 2. The van der Waals surface area contributed by atoms with E-state index in [1.54, 1.807) is 25.6 Å². The Labute approximate surface area is 115 Å². The number of nitrogens with two attached hydrogens (primary N) is 1. The summed E-state index contributed by atoms with van der Waals surface area (Å²) in [4.78, 5) is 4.06. The zero-order chi connectivity index (χ0) is 14.1. The third-order valence-electron chi connectivity index (χ3n) is 4.54. The van der Waals surface area contributed by atoms with Crippen LogP contribution in [0.5, 0.6) is 0 Å². The molecule has 1 unspecified atom stereocenters. The van der Waals surface area contributed by atoms with Crippen LogP contribution in [-0.4, -0.2) is 22.8 Å². The number of pyridine rings is 1. The van der Waals surface area contributed by atoms with Gasteiger partial charge in [-0.05, 0) is 37.2 Å². The number of rotatable bonds is 3. The van der Waals surface area contributed by atoms with Crippen LogP contribution in [-0.2, 0) is 4.74 Å². The number of ether oxygens (including phenoxy) is 1. The first-order valence-electron chi connectivity index (χ1n) is 6.83. The number of hydrogen-bond acceptors (Lipinski definition) is 4. The topological polar surface area (TPSA) is 68.4 Å². The molecule has 4 nitrogen and oxygen atoms in total. The largest absolute Gasteiger partial charge is 0.398 e. The quantitative estimate of drug-likeness (QED) is 0.880. The Morgan fingerprint density at radius 2 is 1.95 bits per heavy atom. The van der Waals surface area contributed by atoms with Crippen molar-refractivity contribution >= 4 is 5.69 Å². The van der Waals surface area contributed by atoms with E-state index in [9.17, 15) is 5.11 Å². The van der Waals surface area contributed by atoms with E-state index in [4.69, 9.17) is 10.5 Å². The third kappa shape index (κ3) is 2.74.